The fraction of sp³-hybridized carbons (Fsp3) is 0.444. The van der Waals surface area contributed by atoms with Gasteiger partial charge in [0.05, 0.1) is 24.0 Å². The summed E-state index contributed by atoms with van der Waals surface area (Å²) < 4.78 is 1.72. The molecule has 1 unspecified atom stereocenters. The number of hydrogen-bond acceptors (Lipinski definition) is 6. The van der Waals surface area contributed by atoms with Gasteiger partial charge in [-0.1, -0.05) is 42.3 Å². The molecule has 1 aliphatic carbocycles. The number of likely N-dealkylation sites (tertiary alicyclic amines) is 1. The normalized spacial score (nSPS) is 23.0. The molecule has 5 rings (SSSR count). The van der Waals surface area contributed by atoms with Crippen molar-refractivity contribution in [2.75, 3.05) is 13.6 Å². The lowest BCUT2D eigenvalue weighted by molar-refractivity contribution is -0.126. The van der Waals surface area contributed by atoms with Crippen LogP contribution in [0.3, 0.4) is 0 Å². The fourth-order valence-electron chi connectivity index (χ4n) is 5.75. The molecule has 2 aliphatic rings. The minimum atomic E-state index is -0.278. The maximum atomic E-state index is 12.4. The van der Waals surface area contributed by atoms with Crippen LogP contribution in [0.15, 0.2) is 30.5 Å². The average molecular weight is 538 g/mol. The molecule has 3 heterocycles. The van der Waals surface area contributed by atoms with Crippen LogP contribution >= 0.6 is 23.2 Å². The van der Waals surface area contributed by atoms with Crippen LogP contribution in [-0.4, -0.2) is 56.2 Å². The van der Waals surface area contributed by atoms with Gasteiger partial charge in [-0.15, -0.1) is 0 Å². The molecule has 10 heteroatoms. The molecule has 37 heavy (non-hydrogen) atoms. The standard InChI is InChI=1S/C27H29Cl2N7O/c1-15-11-17(6-9-23(15)35-10-4-5-24(35)27(37)31-3)22-14-32-25-21(13-30)34-36(26(25)33-22)16(2)19-8-7-18(28)12-20(19)29/h6-8,12,14-16,23-24H,4-5,9-11H2,1-3H3,(H,31,37)/t15-,16-,23?,24+/m1/s1. The van der Waals surface area contributed by atoms with Crippen LogP contribution in [0.25, 0.3) is 16.7 Å². The summed E-state index contributed by atoms with van der Waals surface area (Å²) in [6, 6.07) is 7.47. The zero-order valence-corrected chi connectivity index (χ0v) is 22.6. The van der Waals surface area contributed by atoms with Gasteiger partial charge >= 0.3 is 0 Å². The summed E-state index contributed by atoms with van der Waals surface area (Å²) in [4.78, 5) is 24.3. The number of fused-ring (bicyclic) bond motifs is 1. The first kappa shape index (κ1) is 25.7. The van der Waals surface area contributed by atoms with Gasteiger partial charge in [0.1, 0.15) is 11.6 Å². The molecule has 0 spiro atoms. The number of nitrogens with zero attached hydrogens (tertiary/aromatic N) is 6. The highest BCUT2D eigenvalue weighted by Gasteiger charge is 2.38. The third kappa shape index (κ3) is 4.72. The lowest BCUT2D eigenvalue weighted by Gasteiger charge is -2.38. The van der Waals surface area contributed by atoms with Crippen LogP contribution in [0.4, 0.5) is 0 Å². The molecule has 1 fully saturated rings. The van der Waals surface area contributed by atoms with Gasteiger partial charge in [0, 0.05) is 23.1 Å². The highest BCUT2D eigenvalue weighted by molar-refractivity contribution is 6.35. The predicted molar refractivity (Wildman–Crippen MR) is 144 cm³/mol. The molecule has 0 radical (unpaired) electrons. The van der Waals surface area contributed by atoms with Crippen LogP contribution in [0.1, 0.15) is 62.5 Å². The molecule has 1 aromatic carbocycles. The number of amides is 1. The third-order valence-electron chi connectivity index (χ3n) is 7.69. The van der Waals surface area contributed by atoms with E-state index in [2.05, 4.69) is 39.4 Å². The number of benzene rings is 1. The Balaban J connectivity index is 1.47. The Morgan fingerprint density at radius 2 is 2.14 bits per heavy atom. The van der Waals surface area contributed by atoms with E-state index in [1.807, 2.05) is 13.0 Å². The van der Waals surface area contributed by atoms with E-state index in [1.165, 1.54) is 0 Å². The van der Waals surface area contributed by atoms with Crippen molar-refractivity contribution in [3.63, 3.8) is 0 Å². The van der Waals surface area contributed by atoms with E-state index in [0.29, 0.717) is 33.2 Å². The van der Waals surface area contributed by atoms with Gasteiger partial charge in [0.25, 0.3) is 0 Å². The lowest BCUT2D eigenvalue weighted by Crippen LogP contribution is -2.49. The number of nitrogens with one attached hydrogen (secondary N) is 1. The number of hydrogen-bond donors (Lipinski definition) is 1. The molecule has 1 saturated heterocycles. The second-order valence-corrected chi connectivity index (χ2v) is 10.7. The van der Waals surface area contributed by atoms with E-state index < -0.39 is 0 Å². The Bertz CT molecular complexity index is 1430. The van der Waals surface area contributed by atoms with Crippen LogP contribution in [0.5, 0.6) is 0 Å². The molecule has 8 nitrogen and oxygen atoms in total. The maximum Gasteiger partial charge on any atom is 0.237 e. The van der Waals surface area contributed by atoms with Crippen molar-refractivity contribution in [1.29, 1.82) is 5.26 Å². The number of aromatic nitrogens is 4. The first-order chi connectivity index (χ1) is 17.8. The van der Waals surface area contributed by atoms with E-state index in [-0.39, 0.29) is 23.7 Å². The van der Waals surface area contributed by atoms with Gasteiger partial charge < -0.3 is 5.32 Å². The number of allylic oxidation sites excluding steroid dienone is 1. The van der Waals surface area contributed by atoms with Crippen molar-refractivity contribution in [2.24, 2.45) is 5.92 Å². The number of likely N-dealkylation sites (N-methyl/N-ethyl adjacent to an activating group) is 1. The molecule has 1 amide bonds. The average Bonchev–Trinajstić information content (AvgIpc) is 3.52. The summed E-state index contributed by atoms with van der Waals surface area (Å²) in [7, 11) is 1.71. The smallest absolute Gasteiger partial charge is 0.237 e. The molecule has 0 saturated carbocycles. The second kappa shape index (κ2) is 10.4. The molecule has 1 N–H and O–H groups in total. The van der Waals surface area contributed by atoms with Crippen molar-refractivity contribution in [2.45, 2.75) is 57.7 Å². The largest absolute Gasteiger partial charge is 0.358 e. The fourth-order valence-corrected chi connectivity index (χ4v) is 6.31. The van der Waals surface area contributed by atoms with E-state index >= 15 is 0 Å². The third-order valence-corrected chi connectivity index (χ3v) is 8.25. The second-order valence-electron chi connectivity index (χ2n) is 9.90. The molecule has 3 aromatic rings. The first-order valence-corrected chi connectivity index (χ1v) is 13.3. The molecular formula is C27H29Cl2N7O. The number of carbonyl (C=O) groups is 1. The zero-order chi connectivity index (χ0) is 26.3. The quantitative estimate of drug-likeness (QED) is 0.491. The summed E-state index contributed by atoms with van der Waals surface area (Å²) in [6.07, 6.45) is 7.59. The number of carbonyl (C=O) groups excluding carboxylic acids is 1. The molecular weight excluding hydrogens is 509 g/mol. The molecule has 0 bridgehead atoms. The van der Waals surface area contributed by atoms with Crippen molar-refractivity contribution >= 4 is 45.8 Å². The summed E-state index contributed by atoms with van der Waals surface area (Å²) in [5.74, 6) is 0.460. The van der Waals surface area contributed by atoms with Gasteiger partial charge in [0.15, 0.2) is 11.3 Å². The van der Waals surface area contributed by atoms with E-state index in [4.69, 9.17) is 28.2 Å². The Hall–Kier alpha value is -2.99. The van der Waals surface area contributed by atoms with E-state index in [1.54, 1.807) is 30.1 Å². The van der Waals surface area contributed by atoms with Crippen molar-refractivity contribution in [3.8, 4) is 6.07 Å². The summed E-state index contributed by atoms with van der Waals surface area (Å²) in [5.41, 5.74) is 3.97. The maximum absolute atomic E-state index is 12.4. The zero-order valence-electron chi connectivity index (χ0n) is 21.1. The van der Waals surface area contributed by atoms with Crippen molar-refractivity contribution in [3.05, 3.63) is 57.5 Å². The monoisotopic (exact) mass is 537 g/mol. The minimum absolute atomic E-state index is 0.0523. The van der Waals surface area contributed by atoms with Gasteiger partial charge in [-0.2, -0.15) is 10.4 Å². The molecule has 192 valence electrons. The van der Waals surface area contributed by atoms with Crippen molar-refractivity contribution < 1.29 is 4.79 Å². The van der Waals surface area contributed by atoms with E-state index in [9.17, 15) is 10.1 Å². The Morgan fingerprint density at radius 3 is 2.84 bits per heavy atom. The number of halogens is 2. The van der Waals surface area contributed by atoms with Gasteiger partial charge in [0.2, 0.25) is 5.91 Å². The van der Waals surface area contributed by atoms with E-state index in [0.717, 1.165) is 49.1 Å². The van der Waals surface area contributed by atoms with Gasteiger partial charge in [-0.25, -0.2) is 14.6 Å². The first-order valence-electron chi connectivity index (χ1n) is 12.6. The molecule has 4 atom stereocenters. The summed E-state index contributed by atoms with van der Waals surface area (Å²) in [5, 5.41) is 18.1. The van der Waals surface area contributed by atoms with Crippen LogP contribution < -0.4 is 5.32 Å². The highest BCUT2D eigenvalue weighted by atomic mass is 35.5. The Kier molecular flexibility index (Phi) is 7.21. The lowest BCUT2D eigenvalue weighted by atomic mass is 9.83. The van der Waals surface area contributed by atoms with Gasteiger partial charge in [-0.3, -0.25) is 9.69 Å². The van der Waals surface area contributed by atoms with Crippen molar-refractivity contribution in [1.82, 2.24) is 30.0 Å². The number of nitriles is 1. The summed E-state index contributed by atoms with van der Waals surface area (Å²) in [6.45, 7) is 5.15. The topological polar surface area (TPSA) is 99.7 Å². The molecule has 1 aliphatic heterocycles. The predicted octanol–water partition coefficient (Wildman–Crippen LogP) is 5.01. The number of rotatable bonds is 5. The SMILES string of the molecule is CNC(=O)[C@@H]1CCCN1C1CC=C(c2cnc3c(C#N)nn([C@H](C)c4ccc(Cl)cc4Cl)c3n2)C[C@H]1C. The van der Waals surface area contributed by atoms with Crippen LogP contribution in [0, 0.1) is 17.2 Å². The highest BCUT2D eigenvalue weighted by Crippen LogP contribution is 2.37. The minimum Gasteiger partial charge on any atom is -0.358 e. The summed E-state index contributed by atoms with van der Waals surface area (Å²) >= 11 is 12.6. The van der Waals surface area contributed by atoms with Gasteiger partial charge in [-0.05, 0) is 68.3 Å². The molecule has 2 aromatic heterocycles. The Morgan fingerprint density at radius 1 is 1.32 bits per heavy atom. The van der Waals surface area contributed by atoms with Crippen LogP contribution in [0.2, 0.25) is 10.0 Å². The van der Waals surface area contributed by atoms with Crippen LogP contribution in [-0.2, 0) is 4.79 Å². The Labute approximate surface area is 226 Å².